The van der Waals surface area contributed by atoms with Crippen molar-refractivity contribution in [1.29, 1.82) is 0 Å². The number of phosphoric ester groups is 1. The molecule has 7 heteroatoms. The predicted molar refractivity (Wildman–Crippen MR) is 84.3 cm³/mol. The summed E-state index contributed by atoms with van der Waals surface area (Å²) in [5.41, 5.74) is 5.31. The van der Waals surface area contributed by atoms with Gasteiger partial charge in [0.05, 0.1) is 19.8 Å². The fourth-order valence-corrected chi connectivity index (χ4v) is 2.68. The second-order valence-corrected chi connectivity index (χ2v) is 6.18. The molecule has 126 valence electrons. The largest absolute Gasteiger partial charge is 0.475 e. The molecular formula is C14H30NO5P. The molecule has 0 saturated heterocycles. The van der Waals surface area contributed by atoms with Gasteiger partial charge in [0.2, 0.25) is 0 Å². The van der Waals surface area contributed by atoms with Crippen molar-refractivity contribution in [3.63, 3.8) is 0 Å². The van der Waals surface area contributed by atoms with E-state index >= 15 is 0 Å². The third-order valence-corrected chi connectivity index (χ3v) is 4.01. The summed E-state index contributed by atoms with van der Waals surface area (Å²) in [5, 5.41) is 0. The summed E-state index contributed by atoms with van der Waals surface area (Å²) in [5.74, 6) is 0. The summed E-state index contributed by atoms with van der Waals surface area (Å²) in [6.45, 7) is 7.75. The van der Waals surface area contributed by atoms with Gasteiger partial charge in [0.1, 0.15) is 0 Å². The highest BCUT2D eigenvalue weighted by Gasteiger charge is 2.25. The Morgan fingerprint density at radius 2 is 1.71 bits per heavy atom. The van der Waals surface area contributed by atoms with Gasteiger partial charge in [-0.25, -0.2) is 4.57 Å². The van der Waals surface area contributed by atoms with Crippen molar-refractivity contribution in [3.05, 3.63) is 12.7 Å². The van der Waals surface area contributed by atoms with E-state index in [2.05, 4.69) is 13.5 Å². The smallest absolute Gasteiger partial charge is 0.381 e. The highest BCUT2D eigenvalue weighted by atomic mass is 31.2. The fourth-order valence-electron chi connectivity index (χ4n) is 1.49. The molecule has 1 atom stereocenters. The molecule has 0 saturated carbocycles. The standard InChI is InChI=1S/C14H30NO5P/c1-3-5-6-7-11-17-12-8-13-19-21(16,18-10-4-2)20-14-9-15/h4H,2-3,5-15H2,1H3. The number of nitrogens with two attached hydrogens (primary N) is 1. The highest BCUT2D eigenvalue weighted by Crippen LogP contribution is 2.49. The molecule has 0 aliphatic heterocycles. The van der Waals surface area contributed by atoms with Crippen LogP contribution in [-0.2, 0) is 22.9 Å². The summed E-state index contributed by atoms with van der Waals surface area (Å²) in [4.78, 5) is 0. The maximum absolute atomic E-state index is 12.1. The Labute approximate surface area is 128 Å². The van der Waals surface area contributed by atoms with Crippen LogP contribution in [0.25, 0.3) is 0 Å². The maximum atomic E-state index is 12.1. The lowest BCUT2D eigenvalue weighted by molar-refractivity contribution is 0.0927. The predicted octanol–water partition coefficient (Wildman–Crippen LogP) is 3.28. The number of hydrogen-bond donors (Lipinski definition) is 1. The van der Waals surface area contributed by atoms with E-state index in [1.54, 1.807) is 0 Å². The molecule has 0 aliphatic rings. The number of hydrogen-bond acceptors (Lipinski definition) is 6. The van der Waals surface area contributed by atoms with Crippen LogP contribution in [0.15, 0.2) is 12.7 Å². The normalized spacial score (nSPS) is 14.0. The minimum Gasteiger partial charge on any atom is -0.381 e. The molecule has 0 aromatic carbocycles. The van der Waals surface area contributed by atoms with Gasteiger partial charge in [0.25, 0.3) is 0 Å². The zero-order valence-electron chi connectivity index (χ0n) is 13.1. The van der Waals surface area contributed by atoms with Crippen LogP contribution in [0.3, 0.4) is 0 Å². The van der Waals surface area contributed by atoms with Crippen molar-refractivity contribution < 1.29 is 22.9 Å². The Morgan fingerprint density at radius 3 is 2.38 bits per heavy atom. The molecule has 0 bridgehead atoms. The maximum Gasteiger partial charge on any atom is 0.475 e. The van der Waals surface area contributed by atoms with Crippen LogP contribution < -0.4 is 5.73 Å². The molecule has 0 aromatic rings. The van der Waals surface area contributed by atoms with Crippen molar-refractivity contribution in [2.45, 2.75) is 39.0 Å². The molecule has 21 heavy (non-hydrogen) atoms. The van der Waals surface area contributed by atoms with Gasteiger partial charge < -0.3 is 10.5 Å². The molecular weight excluding hydrogens is 293 g/mol. The second kappa shape index (κ2) is 14.7. The Morgan fingerprint density at radius 1 is 1.00 bits per heavy atom. The van der Waals surface area contributed by atoms with Crippen LogP contribution in [0.1, 0.15) is 39.0 Å². The first kappa shape index (κ1) is 20.8. The molecule has 0 radical (unpaired) electrons. The first-order valence-electron chi connectivity index (χ1n) is 7.61. The van der Waals surface area contributed by atoms with Gasteiger partial charge in [0.15, 0.2) is 0 Å². The summed E-state index contributed by atoms with van der Waals surface area (Å²) < 4.78 is 32.9. The number of phosphoric acid groups is 1. The van der Waals surface area contributed by atoms with Crippen molar-refractivity contribution in [2.24, 2.45) is 5.73 Å². The van der Waals surface area contributed by atoms with Gasteiger partial charge in [-0.05, 0) is 12.8 Å². The molecule has 0 spiro atoms. The first-order valence-corrected chi connectivity index (χ1v) is 9.07. The highest BCUT2D eigenvalue weighted by molar-refractivity contribution is 7.48. The van der Waals surface area contributed by atoms with E-state index in [-0.39, 0.29) is 26.4 Å². The SMILES string of the molecule is C=CCOP(=O)(OCCN)OCCCOCCCCCC. The van der Waals surface area contributed by atoms with Gasteiger partial charge >= 0.3 is 7.82 Å². The molecule has 0 rings (SSSR count). The number of rotatable bonds is 16. The molecule has 6 nitrogen and oxygen atoms in total. The average Bonchev–Trinajstić information content (AvgIpc) is 2.49. The number of unbranched alkanes of at least 4 members (excludes halogenated alkanes) is 3. The van der Waals surface area contributed by atoms with E-state index in [9.17, 15) is 4.57 Å². The summed E-state index contributed by atoms with van der Waals surface area (Å²) >= 11 is 0. The van der Waals surface area contributed by atoms with E-state index in [4.69, 9.17) is 24.0 Å². The molecule has 0 amide bonds. The topological polar surface area (TPSA) is 80.0 Å². The molecule has 0 fully saturated rings. The molecule has 0 heterocycles. The lowest BCUT2D eigenvalue weighted by Gasteiger charge is -2.16. The van der Waals surface area contributed by atoms with Crippen molar-refractivity contribution in [1.82, 2.24) is 0 Å². The van der Waals surface area contributed by atoms with Crippen LogP contribution in [0, 0.1) is 0 Å². The van der Waals surface area contributed by atoms with Gasteiger partial charge in [-0.1, -0.05) is 32.3 Å². The lowest BCUT2D eigenvalue weighted by atomic mass is 10.2. The van der Waals surface area contributed by atoms with Crippen molar-refractivity contribution in [3.8, 4) is 0 Å². The van der Waals surface area contributed by atoms with E-state index < -0.39 is 7.82 Å². The zero-order valence-corrected chi connectivity index (χ0v) is 14.0. The fraction of sp³-hybridized carbons (Fsp3) is 0.857. The Kier molecular flexibility index (Phi) is 14.5. The van der Waals surface area contributed by atoms with Crippen molar-refractivity contribution in [2.75, 3.05) is 39.6 Å². The van der Waals surface area contributed by atoms with Crippen molar-refractivity contribution >= 4 is 7.82 Å². The third kappa shape index (κ3) is 13.2. The van der Waals surface area contributed by atoms with Gasteiger partial charge in [0, 0.05) is 19.8 Å². The van der Waals surface area contributed by atoms with Gasteiger partial charge in [-0.15, -0.1) is 6.58 Å². The van der Waals surface area contributed by atoms with Crippen LogP contribution in [0.2, 0.25) is 0 Å². The molecule has 0 aliphatic carbocycles. The molecule has 0 aromatic heterocycles. The Bertz CT molecular complexity index is 289. The second-order valence-electron chi connectivity index (χ2n) is 4.51. The van der Waals surface area contributed by atoms with E-state index in [0.29, 0.717) is 13.0 Å². The minimum absolute atomic E-state index is 0.107. The van der Waals surface area contributed by atoms with Crippen LogP contribution in [-0.4, -0.2) is 39.6 Å². The Balaban J connectivity index is 3.67. The molecule has 1 unspecified atom stereocenters. The van der Waals surface area contributed by atoms with Crippen LogP contribution in [0.5, 0.6) is 0 Å². The van der Waals surface area contributed by atoms with E-state index in [1.165, 1.54) is 25.3 Å². The Hall–Kier alpha value is -0.230. The number of ether oxygens (including phenoxy) is 1. The summed E-state index contributed by atoms with van der Waals surface area (Å²) in [6, 6.07) is 0. The van der Waals surface area contributed by atoms with Gasteiger partial charge in [-0.3, -0.25) is 13.6 Å². The zero-order chi connectivity index (χ0) is 15.8. The van der Waals surface area contributed by atoms with Crippen LogP contribution >= 0.6 is 7.82 Å². The van der Waals surface area contributed by atoms with Crippen LogP contribution in [0.4, 0.5) is 0 Å². The van der Waals surface area contributed by atoms with E-state index in [1.807, 2.05) is 0 Å². The third-order valence-electron chi connectivity index (χ3n) is 2.54. The lowest BCUT2D eigenvalue weighted by Crippen LogP contribution is -2.10. The average molecular weight is 323 g/mol. The van der Waals surface area contributed by atoms with E-state index in [0.717, 1.165) is 13.0 Å². The summed E-state index contributed by atoms with van der Waals surface area (Å²) in [6.07, 6.45) is 6.87. The minimum atomic E-state index is -3.53. The van der Waals surface area contributed by atoms with Gasteiger partial charge in [-0.2, -0.15) is 0 Å². The summed E-state index contributed by atoms with van der Waals surface area (Å²) in [7, 11) is -3.53. The first-order chi connectivity index (χ1) is 10.2. The molecule has 2 N–H and O–H groups in total. The monoisotopic (exact) mass is 323 g/mol. The quantitative estimate of drug-likeness (QED) is 0.267.